The summed E-state index contributed by atoms with van der Waals surface area (Å²) in [5, 5.41) is 4.17. The van der Waals surface area contributed by atoms with Crippen LogP contribution in [0, 0.1) is 6.92 Å². The summed E-state index contributed by atoms with van der Waals surface area (Å²) in [6.45, 7) is 2.59. The van der Waals surface area contributed by atoms with Crippen molar-refractivity contribution in [2.45, 2.75) is 11.8 Å². The summed E-state index contributed by atoms with van der Waals surface area (Å²) in [5.41, 5.74) is 1.24. The number of hydrogen-bond donors (Lipinski definition) is 0. The van der Waals surface area contributed by atoms with E-state index in [1.807, 2.05) is 0 Å². The lowest BCUT2D eigenvalue weighted by Gasteiger charge is -2.34. The summed E-state index contributed by atoms with van der Waals surface area (Å²) < 4.78 is 37.7. The molecule has 0 unspecified atom stereocenters. The van der Waals surface area contributed by atoms with E-state index in [4.69, 9.17) is 20.9 Å². The largest absolute Gasteiger partial charge is 0.495 e. The van der Waals surface area contributed by atoms with Gasteiger partial charge in [0.05, 0.1) is 7.11 Å². The molecule has 0 bridgehead atoms. The van der Waals surface area contributed by atoms with E-state index in [1.54, 1.807) is 42.2 Å². The fourth-order valence-corrected chi connectivity index (χ4v) is 5.32. The molecule has 3 aromatic rings. The van der Waals surface area contributed by atoms with Crippen molar-refractivity contribution < 1.29 is 22.5 Å². The first kappa shape index (κ1) is 22.3. The first-order chi connectivity index (χ1) is 15.3. The summed E-state index contributed by atoms with van der Waals surface area (Å²) in [6, 6.07) is 11.4. The number of sulfonamides is 1. The number of nitrogens with zero attached hydrogens (tertiary/aromatic N) is 4. The van der Waals surface area contributed by atoms with Gasteiger partial charge < -0.3 is 14.2 Å². The van der Waals surface area contributed by atoms with Crippen molar-refractivity contribution in [3.05, 3.63) is 58.9 Å². The molecule has 4 rings (SSSR count). The van der Waals surface area contributed by atoms with Gasteiger partial charge in [-0.3, -0.25) is 4.79 Å². The maximum absolute atomic E-state index is 13.1. The maximum Gasteiger partial charge on any atom is 0.253 e. The third kappa shape index (κ3) is 4.34. The molecule has 1 amide bonds. The summed E-state index contributed by atoms with van der Waals surface area (Å²) >= 11 is 6.00. The summed E-state index contributed by atoms with van der Waals surface area (Å²) in [5.74, 6) is 0.975. The average molecular weight is 477 g/mol. The molecular formula is C21H21ClN4O5S. The fourth-order valence-electron chi connectivity index (χ4n) is 3.48. The van der Waals surface area contributed by atoms with Gasteiger partial charge in [0.2, 0.25) is 21.7 Å². The number of amides is 1. The highest BCUT2D eigenvalue weighted by molar-refractivity contribution is 7.89. The van der Waals surface area contributed by atoms with Crippen molar-refractivity contribution in [1.82, 2.24) is 19.3 Å². The molecule has 0 aliphatic carbocycles. The Labute approximate surface area is 190 Å². The number of hydrogen-bond acceptors (Lipinski definition) is 7. The van der Waals surface area contributed by atoms with Crippen LogP contribution in [0.1, 0.15) is 16.2 Å². The fraction of sp³-hybridized carbons (Fsp3) is 0.286. The van der Waals surface area contributed by atoms with Crippen LogP contribution in [0.5, 0.6) is 5.75 Å². The number of carbonyl (C=O) groups is 1. The van der Waals surface area contributed by atoms with Crippen LogP contribution >= 0.6 is 11.6 Å². The van der Waals surface area contributed by atoms with Gasteiger partial charge in [0.15, 0.2) is 0 Å². The van der Waals surface area contributed by atoms with Crippen LogP contribution in [0.25, 0.3) is 11.4 Å². The minimum atomic E-state index is -3.81. The smallest absolute Gasteiger partial charge is 0.253 e. The lowest BCUT2D eigenvalue weighted by Crippen LogP contribution is -2.50. The third-order valence-electron chi connectivity index (χ3n) is 5.19. The third-order valence-corrected chi connectivity index (χ3v) is 7.34. The Morgan fingerprint density at radius 2 is 1.78 bits per heavy atom. The van der Waals surface area contributed by atoms with Crippen molar-refractivity contribution in [1.29, 1.82) is 0 Å². The quantitative estimate of drug-likeness (QED) is 0.557. The Balaban J connectivity index is 1.44. The van der Waals surface area contributed by atoms with Crippen LogP contribution in [0.3, 0.4) is 0 Å². The number of methoxy groups -OCH3 is 1. The van der Waals surface area contributed by atoms with Gasteiger partial charge in [0.1, 0.15) is 10.6 Å². The Morgan fingerprint density at radius 1 is 1.09 bits per heavy atom. The maximum atomic E-state index is 13.1. The molecule has 2 heterocycles. The number of aromatic nitrogens is 2. The molecule has 1 aliphatic heterocycles. The van der Waals surface area contributed by atoms with Gasteiger partial charge in [-0.05, 0) is 30.3 Å². The van der Waals surface area contributed by atoms with Crippen molar-refractivity contribution in [2.24, 2.45) is 0 Å². The molecule has 1 fully saturated rings. The standard InChI is InChI=1S/C21H21ClN4O5S/c1-14-23-20(24-31-14)15-3-5-16(6-4-15)21(27)25-9-11-26(12-10-25)32(28,29)19-13-17(22)7-8-18(19)30-2/h3-8,13H,9-12H2,1-2H3. The van der Waals surface area contributed by atoms with E-state index in [9.17, 15) is 13.2 Å². The van der Waals surface area contributed by atoms with Crippen LogP contribution in [0.4, 0.5) is 0 Å². The molecule has 32 heavy (non-hydrogen) atoms. The lowest BCUT2D eigenvalue weighted by atomic mass is 10.1. The summed E-state index contributed by atoms with van der Waals surface area (Å²) in [6.07, 6.45) is 0. The van der Waals surface area contributed by atoms with Crippen molar-refractivity contribution in [3.63, 3.8) is 0 Å². The van der Waals surface area contributed by atoms with Gasteiger partial charge in [0.25, 0.3) is 5.91 Å². The first-order valence-corrected chi connectivity index (χ1v) is 11.6. The molecule has 0 saturated carbocycles. The molecule has 1 aliphatic rings. The van der Waals surface area contributed by atoms with Gasteiger partial charge >= 0.3 is 0 Å². The Morgan fingerprint density at radius 3 is 2.38 bits per heavy atom. The molecular weight excluding hydrogens is 456 g/mol. The number of aryl methyl sites for hydroxylation is 1. The van der Waals surface area contributed by atoms with Gasteiger partial charge in [-0.1, -0.05) is 28.9 Å². The second-order valence-electron chi connectivity index (χ2n) is 7.21. The number of carbonyl (C=O) groups excluding carboxylic acids is 1. The Hall–Kier alpha value is -2.95. The van der Waals surface area contributed by atoms with Crippen molar-refractivity contribution >= 4 is 27.5 Å². The molecule has 0 atom stereocenters. The highest BCUT2D eigenvalue weighted by Gasteiger charge is 2.32. The molecule has 11 heteroatoms. The van der Waals surface area contributed by atoms with Gasteiger partial charge in [-0.25, -0.2) is 8.42 Å². The zero-order chi connectivity index (χ0) is 22.9. The number of halogens is 1. The highest BCUT2D eigenvalue weighted by atomic mass is 35.5. The van der Waals surface area contributed by atoms with Crippen LogP contribution in [0.2, 0.25) is 5.02 Å². The van der Waals surface area contributed by atoms with E-state index in [1.165, 1.54) is 23.5 Å². The Bertz CT molecular complexity index is 1240. The minimum Gasteiger partial charge on any atom is -0.495 e. The molecule has 0 radical (unpaired) electrons. The molecule has 1 saturated heterocycles. The predicted octanol–water partition coefficient (Wildman–Crippen LogP) is 2.85. The van der Waals surface area contributed by atoms with Crippen LogP contribution in [-0.4, -0.2) is 67.0 Å². The molecule has 1 aromatic heterocycles. The second kappa shape index (κ2) is 8.89. The highest BCUT2D eigenvalue weighted by Crippen LogP contribution is 2.30. The molecule has 168 valence electrons. The monoisotopic (exact) mass is 476 g/mol. The summed E-state index contributed by atoms with van der Waals surface area (Å²) in [4.78, 5) is 18.7. The van der Waals surface area contributed by atoms with Gasteiger partial charge in [0, 0.05) is 49.3 Å². The number of piperazine rings is 1. The van der Waals surface area contributed by atoms with Crippen molar-refractivity contribution in [2.75, 3.05) is 33.3 Å². The second-order valence-corrected chi connectivity index (χ2v) is 9.55. The van der Waals surface area contributed by atoms with E-state index in [-0.39, 0.29) is 42.7 Å². The van der Waals surface area contributed by atoms with Crippen LogP contribution < -0.4 is 4.74 Å². The van der Waals surface area contributed by atoms with E-state index >= 15 is 0 Å². The average Bonchev–Trinajstić information content (AvgIpc) is 3.25. The van der Waals surface area contributed by atoms with Crippen LogP contribution in [0.15, 0.2) is 51.9 Å². The minimum absolute atomic E-state index is 0.0135. The SMILES string of the molecule is COc1ccc(Cl)cc1S(=O)(=O)N1CCN(C(=O)c2ccc(-c3noc(C)n3)cc2)CC1. The predicted molar refractivity (Wildman–Crippen MR) is 117 cm³/mol. The lowest BCUT2D eigenvalue weighted by molar-refractivity contribution is 0.0698. The number of ether oxygens (including phenoxy) is 1. The van der Waals surface area contributed by atoms with Crippen molar-refractivity contribution in [3.8, 4) is 17.1 Å². The van der Waals surface area contributed by atoms with E-state index < -0.39 is 10.0 Å². The van der Waals surface area contributed by atoms with Crippen LogP contribution in [-0.2, 0) is 10.0 Å². The normalized spacial score (nSPS) is 15.0. The molecule has 9 nitrogen and oxygen atoms in total. The Kier molecular flexibility index (Phi) is 6.18. The topological polar surface area (TPSA) is 106 Å². The van der Waals surface area contributed by atoms with Gasteiger partial charge in [-0.15, -0.1) is 0 Å². The molecule has 2 aromatic carbocycles. The zero-order valence-corrected chi connectivity index (χ0v) is 19.1. The zero-order valence-electron chi connectivity index (χ0n) is 17.5. The van der Waals surface area contributed by atoms with E-state index in [0.29, 0.717) is 22.3 Å². The number of rotatable bonds is 5. The van der Waals surface area contributed by atoms with Gasteiger partial charge in [-0.2, -0.15) is 9.29 Å². The van der Waals surface area contributed by atoms with E-state index in [0.717, 1.165) is 5.56 Å². The first-order valence-electron chi connectivity index (χ1n) is 9.83. The number of benzene rings is 2. The summed E-state index contributed by atoms with van der Waals surface area (Å²) in [7, 11) is -2.41. The van der Waals surface area contributed by atoms with E-state index in [2.05, 4.69) is 10.1 Å². The molecule has 0 N–H and O–H groups in total. The molecule has 0 spiro atoms.